The van der Waals surface area contributed by atoms with E-state index in [-0.39, 0.29) is 6.42 Å². The highest BCUT2D eigenvalue weighted by atomic mass is 16.5. The van der Waals surface area contributed by atoms with Gasteiger partial charge in [-0.2, -0.15) is 0 Å². The standard InChI is InChI=1S/C13H16N2O4/c1-13(12(18)19-2)6-9(11(16)17)10(15-13)8-4-3-5-14-7-8/h3-5,7,9-10,15H,6H2,1-2H3,(H,16,17)/t9-,10+,13-/m0/s1. The minimum Gasteiger partial charge on any atom is -0.481 e. The summed E-state index contributed by atoms with van der Waals surface area (Å²) in [7, 11) is 1.29. The van der Waals surface area contributed by atoms with Gasteiger partial charge in [0.25, 0.3) is 0 Å². The summed E-state index contributed by atoms with van der Waals surface area (Å²) in [6.45, 7) is 1.66. The first-order valence-electron chi connectivity index (χ1n) is 5.97. The number of aromatic nitrogens is 1. The molecule has 0 spiro atoms. The smallest absolute Gasteiger partial charge is 0.325 e. The Morgan fingerprint density at radius 1 is 1.58 bits per heavy atom. The molecule has 6 heteroatoms. The second-order valence-corrected chi connectivity index (χ2v) is 4.88. The van der Waals surface area contributed by atoms with Gasteiger partial charge < -0.3 is 9.84 Å². The van der Waals surface area contributed by atoms with Crippen LogP contribution >= 0.6 is 0 Å². The largest absolute Gasteiger partial charge is 0.481 e. The summed E-state index contributed by atoms with van der Waals surface area (Å²) in [5.74, 6) is -2.08. The van der Waals surface area contributed by atoms with Crippen LogP contribution in [0.25, 0.3) is 0 Å². The summed E-state index contributed by atoms with van der Waals surface area (Å²) in [6, 6.07) is 3.09. The van der Waals surface area contributed by atoms with Crippen LogP contribution in [0.2, 0.25) is 0 Å². The zero-order valence-electron chi connectivity index (χ0n) is 10.8. The van der Waals surface area contributed by atoms with Crippen LogP contribution in [0.5, 0.6) is 0 Å². The van der Waals surface area contributed by atoms with Crippen LogP contribution in [0.1, 0.15) is 24.9 Å². The molecule has 1 aliphatic rings. The Kier molecular flexibility index (Phi) is 3.53. The molecule has 3 atom stereocenters. The van der Waals surface area contributed by atoms with E-state index in [4.69, 9.17) is 4.74 Å². The van der Waals surface area contributed by atoms with Crippen molar-refractivity contribution < 1.29 is 19.4 Å². The summed E-state index contributed by atoms with van der Waals surface area (Å²) in [5, 5.41) is 12.4. The Labute approximate surface area is 110 Å². The fourth-order valence-corrected chi connectivity index (χ4v) is 2.53. The zero-order chi connectivity index (χ0) is 14.0. The van der Waals surface area contributed by atoms with Gasteiger partial charge in [0.05, 0.1) is 13.0 Å². The molecule has 0 bridgehead atoms. The number of carboxylic acids is 1. The van der Waals surface area contributed by atoms with Crippen molar-refractivity contribution in [1.29, 1.82) is 0 Å². The number of aliphatic carboxylic acids is 1. The first-order valence-corrected chi connectivity index (χ1v) is 5.97. The van der Waals surface area contributed by atoms with Crippen LogP contribution < -0.4 is 5.32 Å². The molecule has 6 nitrogen and oxygen atoms in total. The third kappa shape index (κ3) is 2.44. The molecule has 0 amide bonds. The fourth-order valence-electron chi connectivity index (χ4n) is 2.53. The maximum Gasteiger partial charge on any atom is 0.325 e. The molecule has 0 radical (unpaired) electrons. The molecule has 102 valence electrons. The highest BCUT2D eigenvalue weighted by Crippen LogP contribution is 2.38. The van der Waals surface area contributed by atoms with E-state index in [0.29, 0.717) is 0 Å². The van der Waals surface area contributed by atoms with Gasteiger partial charge in [-0.25, -0.2) is 0 Å². The van der Waals surface area contributed by atoms with Crippen LogP contribution in [0.4, 0.5) is 0 Å². The molecule has 1 aliphatic heterocycles. The van der Waals surface area contributed by atoms with Gasteiger partial charge in [-0.1, -0.05) is 6.07 Å². The van der Waals surface area contributed by atoms with Crippen molar-refractivity contribution in [3.8, 4) is 0 Å². The maximum absolute atomic E-state index is 11.8. The Morgan fingerprint density at radius 3 is 2.84 bits per heavy atom. The minimum atomic E-state index is -0.988. The number of pyridine rings is 1. The molecule has 2 N–H and O–H groups in total. The van der Waals surface area contributed by atoms with E-state index < -0.39 is 29.4 Å². The molecular formula is C13H16N2O4. The molecule has 0 aliphatic carbocycles. The quantitative estimate of drug-likeness (QED) is 0.783. The van der Waals surface area contributed by atoms with Crippen molar-refractivity contribution in [3.05, 3.63) is 30.1 Å². The molecule has 1 aromatic rings. The van der Waals surface area contributed by atoms with Crippen molar-refractivity contribution in [1.82, 2.24) is 10.3 Å². The Balaban J connectivity index is 2.33. The van der Waals surface area contributed by atoms with E-state index in [1.165, 1.54) is 7.11 Å². The van der Waals surface area contributed by atoms with E-state index in [1.54, 1.807) is 31.5 Å². The SMILES string of the molecule is COC(=O)[C@]1(C)C[C@H](C(=O)O)[C@@H](c2cccnc2)N1. The summed E-state index contributed by atoms with van der Waals surface area (Å²) in [4.78, 5) is 27.1. The fraction of sp³-hybridized carbons (Fsp3) is 0.462. The number of nitrogens with one attached hydrogen (secondary N) is 1. The lowest BCUT2D eigenvalue weighted by Gasteiger charge is -2.22. The summed E-state index contributed by atoms with van der Waals surface area (Å²) >= 11 is 0. The minimum absolute atomic E-state index is 0.189. The molecule has 2 rings (SSSR count). The molecule has 1 saturated heterocycles. The van der Waals surface area contributed by atoms with Gasteiger partial charge in [0.15, 0.2) is 0 Å². The monoisotopic (exact) mass is 264 g/mol. The van der Waals surface area contributed by atoms with Crippen molar-refractivity contribution in [2.24, 2.45) is 5.92 Å². The molecular weight excluding hydrogens is 248 g/mol. The zero-order valence-corrected chi connectivity index (χ0v) is 10.8. The molecule has 2 heterocycles. The molecule has 1 aromatic heterocycles. The topological polar surface area (TPSA) is 88.5 Å². The second kappa shape index (κ2) is 4.97. The lowest BCUT2D eigenvalue weighted by atomic mass is 9.91. The van der Waals surface area contributed by atoms with E-state index >= 15 is 0 Å². The summed E-state index contributed by atoms with van der Waals surface area (Å²) in [6.07, 6.45) is 3.42. The first-order chi connectivity index (χ1) is 8.98. The van der Waals surface area contributed by atoms with Gasteiger partial charge in [-0.05, 0) is 25.0 Å². The Bertz CT molecular complexity index is 491. The van der Waals surface area contributed by atoms with Crippen molar-refractivity contribution in [3.63, 3.8) is 0 Å². The lowest BCUT2D eigenvalue weighted by molar-refractivity contribution is -0.147. The molecule has 19 heavy (non-hydrogen) atoms. The molecule has 0 aromatic carbocycles. The van der Waals surface area contributed by atoms with Gasteiger partial charge in [-0.15, -0.1) is 0 Å². The van der Waals surface area contributed by atoms with Gasteiger partial charge in [0.2, 0.25) is 0 Å². The predicted molar refractivity (Wildman–Crippen MR) is 66.3 cm³/mol. The van der Waals surface area contributed by atoms with Gasteiger partial charge in [0.1, 0.15) is 5.54 Å². The number of rotatable bonds is 3. The molecule has 1 fully saturated rings. The third-order valence-corrected chi connectivity index (χ3v) is 3.50. The third-order valence-electron chi connectivity index (χ3n) is 3.50. The van der Waals surface area contributed by atoms with Crippen LogP contribution in [0, 0.1) is 5.92 Å². The normalized spacial score (nSPS) is 30.0. The van der Waals surface area contributed by atoms with Crippen LogP contribution in [-0.4, -0.2) is 34.7 Å². The van der Waals surface area contributed by atoms with Gasteiger partial charge >= 0.3 is 11.9 Å². The van der Waals surface area contributed by atoms with E-state index in [2.05, 4.69) is 10.3 Å². The second-order valence-electron chi connectivity index (χ2n) is 4.88. The van der Waals surface area contributed by atoms with E-state index in [1.807, 2.05) is 0 Å². The van der Waals surface area contributed by atoms with Gasteiger partial charge in [0, 0.05) is 18.4 Å². The van der Waals surface area contributed by atoms with Crippen LogP contribution in [-0.2, 0) is 14.3 Å². The first kappa shape index (κ1) is 13.5. The average molecular weight is 264 g/mol. The van der Waals surface area contributed by atoms with Crippen molar-refractivity contribution in [2.75, 3.05) is 7.11 Å². The molecule has 0 unspecified atom stereocenters. The number of nitrogens with zero attached hydrogens (tertiary/aromatic N) is 1. The molecule has 0 saturated carbocycles. The number of hydrogen-bond acceptors (Lipinski definition) is 5. The number of methoxy groups -OCH3 is 1. The van der Waals surface area contributed by atoms with E-state index in [9.17, 15) is 14.7 Å². The van der Waals surface area contributed by atoms with Crippen molar-refractivity contribution in [2.45, 2.75) is 24.9 Å². The van der Waals surface area contributed by atoms with Crippen molar-refractivity contribution >= 4 is 11.9 Å². The number of carbonyl (C=O) groups excluding carboxylic acids is 1. The van der Waals surface area contributed by atoms with Crippen LogP contribution in [0.3, 0.4) is 0 Å². The highest BCUT2D eigenvalue weighted by molar-refractivity contribution is 5.83. The van der Waals surface area contributed by atoms with E-state index in [0.717, 1.165) is 5.56 Å². The predicted octanol–water partition coefficient (Wildman–Crippen LogP) is 0.748. The number of carboxylic acid groups (broad SMARTS) is 1. The summed E-state index contributed by atoms with van der Waals surface area (Å²) < 4.78 is 4.74. The lowest BCUT2D eigenvalue weighted by Crippen LogP contribution is -2.45. The Morgan fingerprint density at radius 2 is 2.32 bits per heavy atom. The van der Waals surface area contributed by atoms with Crippen LogP contribution in [0.15, 0.2) is 24.5 Å². The number of esters is 1. The average Bonchev–Trinajstić information content (AvgIpc) is 2.78. The number of hydrogen-bond donors (Lipinski definition) is 2. The number of carbonyl (C=O) groups is 2. The Hall–Kier alpha value is -1.95. The highest BCUT2D eigenvalue weighted by Gasteiger charge is 2.50. The maximum atomic E-state index is 11.8. The van der Waals surface area contributed by atoms with Gasteiger partial charge in [-0.3, -0.25) is 19.9 Å². The number of ether oxygens (including phenoxy) is 1. The summed E-state index contributed by atoms with van der Waals surface area (Å²) in [5.41, 5.74) is -0.235.